The molecule has 0 bridgehead atoms. The van der Waals surface area contributed by atoms with Gasteiger partial charge in [-0.3, -0.25) is 4.90 Å². The standard InChI is InChI=1S/C17H34N2/c1-5-6-7-8-11-19-13-17(4,15-9-10-15)18-12-16(19)14(2)3/h14-16,18H,5-13H2,1-4H3. The molecule has 1 aliphatic carbocycles. The van der Waals surface area contributed by atoms with E-state index in [1.54, 1.807) is 0 Å². The maximum absolute atomic E-state index is 3.88. The van der Waals surface area contributed by atoms with Crippen molar-refractivity contribution >= 4 is 0 Å². The molecule has 112 valence electrons. The molecular formula is C17H34N2. The van der Waals surface area contributed by atoms with Crippen LogP contribution in [0.3, 0.4) is 0 Å². The third-order valence-corrected chi connectivity index (χ3v) is 5.26. The largest absolute Gasteiger partial charge is 0.308 e. The van der Waals surface area contributed by atoms with Crippen molar-refractivity contribution in [2.45, 2.75) is 77.8 Å². The van der Waals surface area contributed by atoms with Crippen molar-refractivity contribution < 1.29 is 0 Å². The van der Waals surface area contributed by atoms with Gasteiger partial charge in [0.25, 0.3) is 0 Å². The zero-order valence-corrected chi connectivity index (χ0v) is 13.5. The Bertz CT molecular complexity index is 272. The number of nitrogens with one attached hydrogen (secondary N) is 1. The summed E-state index contributed by atoms with van der Waals surface area (Å²) in [5.74, 6) is 1.71. The van der Waals surface area contributed by atoms with E-state index in [9.17, 15) is 0 Å². The molecular weight excluding hydrogens is 232 g/mol. The van der Waals surface area contributed by atoms with Gasteiger partial charge in [-0.15, -0.1) is 0 Å². The van der Waals surface area contributed by atoms with Crippen LogP contribution >= 0.6 is 0 Å². The number of unbranched alkanes of at least 4 members (excludes halogenated alkanes) is 3. The second-order valence-electron chi connectivity index (χ2n) is 7.42. The Balaban J connectivity index is 1.88. The first-order chi connectivity index (χ1) is 9.07. The number of piperazine rings is 1. The van der Waals surface area contributed by atoms with Gasteiger partial charge in [0, 0.05) is 24.7 Å². The summed E-state index contributed by atoms with van der Waals surface area (Å²) in [6.45, 7) is 13.3. The molecule has 0 spiro atoms. The van der Waals surface area contributed by atoms with Gasteiger partial charge in [0.05, 0.1) is 0 Å². The van der Waals surface area contributed by atoms with E-state index in [2.05, 4.69) is 37.9 Å². The van der Waals surface area contributed by atoms with Gasteiger partial charge in [-0.25, -0.2) is 0 Å². The molecule has 1 saturated carbocycles. The van der Waals surface area contributed by atoms with Crippen LogP contribution < -0.4 is 5.32 Å². The van der Waals surface area contributed by atoms with Gasteiger partial charge in [-0.2, -0.15) is 0 Å². The lowest BCUT2D eigenvalue weighted by Crippen LogP contribution is -2.65. The van der Waals surface area contributed by atoms with Crippen molar-refractivity contribution in [3.05, 3.63) is 0 Å². The molecule has 0 aromatic rings. The highest BCUT2D eigenvalue weighted by Crippen LogP contribution is 2.41. The van der Waals surface area contributed by atoms with E-state index in [1.165, 1.54) is 58.2 Å². The fourth-order valence-electron chi connectivity index (χ4n) is 3.70. The number of hydrogen-bond acceptors (Lipinski definition) is 2. The molecule has 1 heterocycles. The molecule has 1 aliphatic heterocycles. The van der Waals surface area contributed by atoms with Crippen molar-refractivity contribution in [2.24, 2.45) is 11.8 Å². The monoisotopic (exact) mass is 266 g/mol. The van der Waals surface area contributed by atoms with Crippen LogP contribution in [0, 0.1) is 11.8 Å². The summed E-state index contributed by atoms with van der Waals surface area (Å²) >= 11 is 0. The fourth-order valence-corrected chi connectivity index (χ4v) is 3.70. The molecule has 2 rings (SSSR count). The summed E-state index contributed by atoms with van der Waals surface area (Å²) < 4.78 is 0. The third kappa shape index (κ3) is 3.95. The van der Waals surface area contributed by atoms with Crippen LogP contribution in [-0.2, 0) is 0 Å². The summed E-state index contributed by atoms with van der Waals surface area (Å²) in [5.41, 5.74) is 0.399. The lowest BCUT2D eigenvalue weighted by atomic mass is 9.88. The molecule has 2 aliphatic rings. The Morgan fingerprint density at radius 2 is 1.95 bits per heavy atom. The quantitative estimate of drug-likeness (QED) is 0.707. The Labute approximate surface area is 120 Å². The molecule has 2 atom stereocenters. The molecule has 2 heteroatoms. The summed E-state index contributed by atoms with van der Waals surface area (Å²) in [7, 11) is 0. The molecule has 0 aromatic heterocycles. The first-order valence-corrected chi connectivity index (χ1v) is 8.56. The zero-order chi connectivity index (χ0) is 13.9. The molecule has 2 unspecified atom stereocenters. The second kappa shape index (κ2) is 6.58. The van der Waals surface area contributed by atoms with E-state index in [4.69, 9.17) is 0 Å². The normalized spacial score (nSPS) is 33.0. The fraction of sp³-hybridized carbons (Fsp3) is 1.00. The summed E-state index contributed by atoms with van der Waals surface area (Å²) in [4.78, 5) is 2.80. The minimum atomic E-state index is 0.399. The van der Waals surface area contributed by atoms with Gasteiger partial charge in [0.1, 0.15) is 0 Å². The molecule has 0 aromatic carbocycles. The minimum absolute atomic E-state index is 0.399. The molecule has 2 fully saturated rings. The zero-order valence-electron chi connectivity index (χ0n) is 13.5. The third-order valence-electron chi connectivity index (χ3n) is 5.26. The topological polar surface area (TPSA) is 15.3 Å². The van der Waals surface area contributed by atoms with Gasteiger partial charge >= 0.3 is 0 Å². The van der Waals surface area contributed by atoms with E-state index in [-0.39, 0.29) is 0 Å². The van der Waals surface area contributed by atoms with Crippen LogP contribution in [0.15, 0.2) is 0 Å². The summed E-state index contributed by atoms with van der Waals surface area (Å²) in [6.07, 6.45) is 8.43. The number of hydrogen-bond donors (Lipinski definition) is 1. The number of rotatable bonds is 7. The van der Waals surface area contributed by atoms with E-state index < -0.39 is 0 Å². The number of nitrogens with zero attached hydrogens (tertiary/aromatic N) is 1. The molecule has 1 saturated heterocycles. The lowest BCUT2D eigenvalue weighted by molar-refractivity contribution is 0.0511. The highest BCUT2D eigenvalue weighted by molar-refractivity contribution is 5.04. The van der Waals surface area contributed by atoms with Gasteiger partial charge in [-0.1, -0.05) is 40.0 Å². The molecule has 19 heavy (non-hydrogen) atoms. The van der Waals surface area contributed by atoms with Crippen LogP contribution in [-0.4, -0.2) is 36.1 Å². The van der Waals surface area contributed by atoms with Crippen molar-refractivity contribution in [1.82, 2.24) is 10.2 Å². The van der Waals surface area contributed by atoms with Crippen molar-refractivity contribution in [1.29, 1.82) is 0 Å². The minimum Gasteiger partial charge on any atom is -0.308 e. The highest BCUT2D eigenvalue weighted by atomic mass is 15.3. The van der Waals surface area contributed by atoms with Gasteiger partial charge < -0.3 is 5.32 Å². The van der Waals surface area contributed by atoms with Crippen molar-refractivity contribution in [2.75, 3.05) is 19.6 Å². The van der Waals surface area contributed by atoms with Crippen LogP contribution in [0.1, 0.15) is 66.2 Å². The van der Waals surface area contributed by atoms with Crippen molar-refractivity contribution in [3.63, 3.8) is 0 Å². The Morgan fingerprint density at radius 1 is 1.21 bits per heavy atom. The summed E-state index contributed by atoms with van der Waals surface area (Å²) in [6, 6.07) is 0.744. The first-order valence-electron chi connectivity index (χ1n) is 8.56. The van der Waals surface area contributed by atoms with Crippen LogP contribution in [0.4, 0.5) is 0 Å². The molecule has 1 N–H and O–H groups in total. The molecule has 0 amide bonds. The van der Waals surface area contributed by atoms with Crippen molar-refractivity contribution in [3.8, 4) is 0 Å². The maximum Gasteiger partial charge on any atom is 0.0309 e. The predicted octanol–water partition coefficient (Wildman–Crippen LogP) is 3.67. The smallest absolute Gasteiger partial charge is 0.0309 e. The van der Waals surface area contributed by atoms with Crippen LogP contribution in [0.2, 0.25) is 0 Å². The Hall–Kier alpha value is -0.0800. The average molecular weight is 266 g/mol. The van der Waals surface area contributed by atoms with E-state index in [0.717, 1.165) is 17.9 Å². The highest BCUT2D eigenvalue weighted by Gasteiger charge is 2.46. The van der Waals surface area contributed by atoms with E-state index in [1.807, 2.05) is 0 Å². The predicted molar refractivity (Wildman–Crippen MR) is 83.5 cm³/mol. The Kier molecular flexibility index (Phi) is 5.30. The van der Waals surface area contributed by atoms with E-state index >= 15 is 0 Å². The molecule has 2 nitrogen and oxygen atoms in total. The van der Waals surface area contributed by atoms with Gasteiger partial charge in [-0.05, 0) is 44.6 Å². The maximum atomic E-state index is 3.88. The average Bonchev–Trinajstić information content (AvgIpc) is 3.19. The molecule has 0 radical (unpaired) electrons. The second-order valence-corrected chi connectivity index (χ2v) is 7.42. The Morgan fingerprint density at radius 3 is 2.53 bits per heavy atom. The SMILES string of the molecule is CCCCCCN1CC(C)(C2CC2)NCC1C(C)C. The van der Waals surface area contributed by atoms with E-state index in [0.29, 0.717) is 5.54 Å². The van der Waals surface area contributed by atoms with Crippen LogP contribution in [0.25, 0.3) is 0 Å². The van der Waals surface area contributed by atoms with Crippen LogP contribution in [0.5, 0.6) is 0 Å². The first kappa shape index (κ1) is 15.3. The van der Waals surface area contributed by atoms with Gasteiger partial charge in [0.15, 0.2) is 0 Å². The summed E-state index contributed by atoms with van der Waals surface area (Å²) in [5, 5.41) is 3.88. The van der Waals surface area contributed by atoms with Gasteiger partial charge in [0.2, 0.25) is 0 Å². The lowest BCUT2D eigenvalue weighted by Gasteiger charge is -2.48.